The molecular weight excluding hydrogens is 136 g/mol. The molecule has 0 heterocycles. The van der Waals surface area contributed by atoms with Gasteiger partial charge in [-0.15, -0.1) is 0 Å². The maximum absolute atomic E-state index is 4.07. The fourth-order valence-corrected chi connectivity index (χ4v) is 0.640. The SMILES string of the molecule is C/C=C\C(=C/C=NCC)NC. The van der Waals surface area contributed by atoms with Crippen LogP contribution in [0, 0.1) is 0 Å². The van der Waals surface area contributed by atoms with Crippen LogP contribution in [0.5, 0.6) is 0 Å². The predicted molar refractivity (Wildman–Crippen MR) is 51.0 cm³/mol. The summed E-state index contributed by atoms with van der Waals surface area (Å²) < 4.78 is 0. The van der Waals surface area contributed by atoms with Crippen LogP contribution in [-0.2, 0) is 0 Å². The molecule has 0 unspecified atom stereocenters. The molecule has 0 bridgehead atoms. The highest BCUT2D eigenvalue weighted by atomic mass is 14.8. The van der Waals surface area contributed by atoms with Crippen LogP contribution in [0.1, 0.15) is 13.8 Å². The molecule has 0 amide bonds. The first-order chi connectivity index (χ1) is 5.35. The minimum atomic E-state index is 0.837. The Kier molecular flexibility index (Phi) is 6.39. The van der Waals surface area contributed by atoms with Crippen molar-refractivity contribution in [3.05, 3.63) is 23.9 Å². The van der Waals surface area contributed by atoms with Gasteiger partial charge in [-0.3, -0.25) is 4.99 Å². The quantitative estimate of drug-likeness (QED) is 0.481. The molecule has 0 aliphatic heterocycles. The van der Waals surface area contributed by atoms with Crippen LogP contribution in [0.2, 0.25) is 0 Å². The molecule has 2 nitrogen and oxygen atoms in total. The zero-order valence-corrected chi connectivity index (χ0v) is 7.46. The van der Waals surface area contributed by atoms with E-state index in [0.717, 1.165) is 12.2 Å². The van der Waals surface area contributed by atoms with Gasteiger partial charge >= 0.3 is 0 Å². The monoisotopic (exact) mass is 152 g/mol. The van der Waals surface area contributed by atoms with E-state index in [1.807, 2.05) is 45.3 Å². The van der Waals surface area contributed by atoms with Crippen LogP contribution < -0.4 is 5.32 Å². The molecule has 0 saturated heterocycles. The van der Waals surface area contributed by atoms with Crippen LogP contribution in [0.25, 0.3) is 0 Å². The Morgan fingerprint density at radius 1 is 1.55 bits per heavy atom. The van der Waals surface area contributed by atoms with Crippen LogP contribution >= 0.6 is 0 Å². The molecule has 0 aromatic heterocycles. The molecule has 0 aliphatic carbocycles. The van der Waals surface area contributed by atoms with Gasteiger partial charge in [-0.05, 0) is 26.0 Å². The highest BCUT2D eigenvalue weighted by Crippen LogP contribution is 1.87. The zero-order valence-electron chi connectivity index (χ0n) is 7.46. The highest BCUT2D eigenvalue weighted by molar-refractivity contribution is 5.72. The lowest BCUT2D eigenvalue weighted by Gasteiger charge is -1.96. The third-order valence-corrected chi connectivity index (χ3v) is 1.18. The maximum atomic E-state index is 4.07. The van der Waals surface area contributed by atoms with Crippen LogP contribution in [0.15, 0.2) is 28.9 Å². The van der Waals surface area contributed by atoms with E-state index in [-0.39, 0.29) is 0 Å². The number of likely N-dealkylation sites (N-methyl/N-ethyl adjacent to an activating group) is 1. The average molecular weight is 152 g/mol. The van der Waals surface area contributed by atoms with E-state index in [2.05, 4.69) is 10.3 Å². The van der Waals surface area contributed by atoms with Gasteiger partial charge in [0, 0.05) is 25.5 Å². The Balaban J connectivity index is 4.00. The second-order valence-electron chi connectivity index (χ2n) is 2.02. The molecule has 1 N–H and O–H groups in total. The molecule has 0 rings (SSSR count). The van der Waals surface area contributed by atoms with E-state index in [4.69, 9.17) is 0 Å². The molecule has 62 valence electrons. The second kappa shape index (κ2) is 7.06. The van der Waals surface area contributed by atoms with Gasteiger partial charge in [0.2, 0.25) is 0 Å². The molecule has 11 heavy (non-hydrogen) atoms. The maximum Gasteiger partial charge on any atom is 0.0360 e. The molecule has 0 spiro atoms. The molecule has 0 fully saturated rings. The number of aliphatic imine (C=N–C) groups is 1. The first-order valence-corrected chi connectivity index (χ1v) is 3.85. The summed E-state index contributed by atoms with van der Waals surface area (Å²) in [6, 6.07) is 0. The van der Waals surface area contributed by atoms with Crippen LogP contribution in [0.3, 0.4) is 0 Å². The van der Waals surface area contributed by atoms with Crippen LogP contribution in [-0.4, -0.2) is 19.8 Å². The minimum Gasteiger partial charge on any atom is -0.388 e. The third kappa shape index (κ3) is 5.40. The third-order valence-electron chi connectivity index (χ3n) is 1.18. The summed E-state index contributed by atoms with van der Waals surface area (Å²) in [5.74, 6) is 0. The lowest BCUT2D eigenvalue weighted by Crippen LogP contribution is -2.02. The van der Waals surface area contributed by atoms with E-state index >= 15 is 0 Å². The summed E-state index contributed by atoms with van der Waals surface area (Å²) in [5.41, 5.74) is 1.07. The van der Waals surface area contributed by atoms with Crippen molar-refractivity contribution in [3.8, 4) is 0 Å². The summed E-state index contributed by atoms with van der Waals surface area (Å²) in [5, 5.41) is 3.04. The molecule has 2 heteroatoms. The lowest BCUT2D eigenvalue weighted by molar-refractivity contribution is 1.03. The molecule has 0 radical (unpaired) electrons. The topological polar surface area (TPSA) is 24.4 Å². The van der Waals surface area contributed by atoms with Gasteiger partial charge in [-0.25, -0.2) is 0 Å². The first kappa shape index (κ1) is 9.95. The van der Waals surface area contributed by atoms with Crippen molar-refractivity contribution in [3.63, 3.8) is 0 Å². The van der Waals surface area contributed by atoms with Gasteiger partial charge in [-0.1, -0.05) is 6.08 Å². The minimum absolute atomic E-state index is 0.837. The Morgan fingerprint density at radius 2 is 2.27 bits per heavy atom. The first-order valence-electron chi connectivity index (χ1n) is 3.85. The number of rotatable bonds is 4. The summed E-state index contributed by atoms with van der Waals surface area (Å²) in [4.78, 5) is 4.07. The number of nitrogens with zero attached hydrogens (tertiary/aromatic N) is 1. The van der Waals surface area contributed by atoms with E-state index in [1.54, 1.807) is 0 Å². The largest absolute Gasteiger partial charge is 0.388 e. The summed E-state index contributed by atoms with van der Waals surface area (Å²) in [6.45, 7) is 4.84. The average Bonchev–Trinajstić information content (AvgIpc) is 2.03. The van der Waals surface area contributed by atoms with Gasteiger partial charge in [0.15, 0.2) is 0 Å². The van der Waals surface area contributed by atoms with E-state index < -0.39 is 0 Å². The number of hydrogen-bond donors (Lipinski definition) is 1. The van der Waals surface area contributed by atoms with Crippen molar-refractivity contribution < 1.29 is 0 Å². The number of nitrogens with one attached hydrogen (secondary N) is 1. The molecular formula is C9H16N2. The number of allylic oxidation sites excluding steroid dienone is 3. The standard InChI is InChI=1S/C9H16N2/c1-4-6-9(10-3)7-8-11-5-2/h4,6-8,10H,5H2,1-3H3/b6-4-,9-7+,11-8?. The predicted octanol–water partition coefficient (Wildman–Crippen LogP) is 1.76. The smallest absolute Gasteiger partial charge is 0.0360 e. The van der Waals surface area contributed by atoms with Crippen molar-refractivity contribution in [2.24, 2.45) is 4.99 Å². The summed E-state index contributed by atoms with van der Waals surface area (Å²) in [6.07, 6.45) is 7.75. The fraction of sp³-hybridized carbons (Fsp3) is 0.444. The van der Waals surface area contributed by atoms with Gasteiger partial charge in [0.05, 0.1) is 0 Å². The fourth-order valence-electron chi connectivity index (χ4n) is 0.640. The molecule has 0 aromatic carbocycles. The van der Waals surface area contributed by atoms with Gasteiger partial charge < -0.3 is 5.32 Å². The van der Waals surface area contributed by atoms with Crippen molar-refractivity contribution >= 4 is 6.21 Å². The van der Waals surface area contributed by atoms with E-state index in [9.17, 15) is 0 Å². The number of hydrogen-bond acceptors (Lipinski definition) is 2. The van der Waals surface area contributed by atoms with Crippen LogP contribution in [0.4, 0.5) is 0 Å². The lowest BCUT2D eigenvalue weighted by atomic mass is 10.3. The second-order valence-corrected chi connectivity index (χ2v) is 2.02. The van der Waals surface area contributed by atoms with Crippen molar-refractivity contribution in [1.29, 1.82) is 0 Å². The Labute approximate surface area is 68.7 Å². The summed E-state index contributed by atoms with van der Waals surface area (Å²) >= 11 is 0. The van der Waals surface area contributed by atoms with Crippen molar-refractivity contribution in [2.75, 3.05) is 13.6 Å². The molecule has 0 atom stereocenters. The molecule has 0 aromatic rings. The van der Waals surface area contributed by atoms with Gasteiger partial charge in [0.1, 0.15) is 0 Å². The van der Waals surface area contributed by atoms with Gasteiger partial charge in [-0.2, -0.15) is 0 Å². The summed E-state index contributed by atoms with van der Waals surface area (Å²) in [7, 11) is 1.89. The molecule has 0 saturated carbocycles. The Morgan fingerprint density at radius 3 is 2.73 bits per heavy atom. The van der Waals surface area contributed by atoms with E-state index in [1.165, 1.54) is 0 Å². The van der Waals surface area contributed by atoms with E-state index in [0.29, 0.717) is 0 Å². The Bertz CT molecular complexity index is 166. The normalized spacial score (nSPS) is 13.2. The zero-order chi connectivity index (χ0) is 8.53. The van der Waals surface area contributed by atoms with Crippen molar-refractivity contribution in [2.45, 2.75) is 13.8 Å². The van der Waals surface area contributed by atoms with Gasteiger partial charge in [0.25, 0.3) is 0 Å². The Hall–Kier alpha value is -1.05. The van der Waals surface area contributed by atoms with Crippen molar-refractivity contribution in [1.82, 2.24) is 5.32 Å². The molecule has 0 aliphatic rings. The highest BCUT2D eigenvalue weighted by Gasteiger charge is 1.80.